The van der Waals surface area contributed by atoms with Crippen LogP contribution in [0.2, 0.25) is 0 Å². The molecule has 0 saturated carbocycles. The fourth-order valence-electron chi connectivity index (χ4n) is 2.23. The van der Waals surface area contributed by atoms with Crippen LogP contribution < -0.4 is 14.4 Å². The lowest BCUT2D eigenvalue weighted by Crippen LogP contribution is -2.40. The first-order valence-electron chi connectivity index (χ1n) is 6.93. The number of aromatic nitrogens is 2. The van der Waals surface area contributed by atoms with Gasteiger partial charge in [-0.15, -0.1) is 0 Å². The number of rotatable bonds is 3. The maximum atomic E-state index is 12.7. The van der Waals surface area contributed by atoms with Crippen LogP contribution in [0.25, 0.3) is 0 Å². The van der Waals surface area contributed by atoms with E-state index in [4.69, 9.17) is 9.47 Å². The first kappa shape index (κ1) is 15.4. The molecule has 122 valence electrons. The minimum absolute atomic E-state index is 0.0118. The molecule has 0 aliphatic carbocycles. The molecule has 1 aromatic heterocycles. The molecule has 0 saturated heterocycles. The van der Waals surface area contributed by atoms with E-state index in [1.54, 1.807) is 19.2 Å². The van der Waals surface area contributed by atoms with Crippen molar-refractivity contribution in [2.75, 3.05) is 25.1 Å². The zero-order valence-electron chi connectivity index (χ0n) is 12.2. The maximum Gasteiger partial charge on any atom is 0.433 e. The van der Waals surface area contributed by atoms with Gasteiger partial charge in [0, 0.05) is 13.2 Å². The summed E-state index contributed by atoms with van der Waals surface area (Å²) >= 11 is 0. The zero-order valence-corrected chi connectivity index (χ0v) is 12.2. The van der Waals surface area contributed by atoms with Gasteiger partial charge in [-0.1, -0.05) is 12.1 Å². The second-order valence-corrected chi connectivity index (χ2v) is 5.12. The summed E-state index contributed by atoms with van der Waals surface area (Å²) in [5.74, 6) is 1.26. The minimum Gasteiger partial charge on any atom is -0.486 e. The van der Waals surface area contributed by atoms with E-state index in [1.165, 1.54) is 4.90 Å². The van der Waals surface area contributed by atoms with E-state index in [-0.39, 0.29) is 12.1 Å². The summed E-state index contributed by atoms with van der Waals surface area (Å²) in [6.45, 7) is 0.607. The summed E-state index contributed by atoms with van der Waals surface area (Å²) < 4.78 is 49.5. The Hall–Kier alpha value is -2.51. The predicted molar refractivity (Wildman–Crippen MR) is 76.7 cm³/mol. The quantitative estimate of drug-likeness (QED) is 0.868. The molecule has 0 bridgehead atoms. The number of benzene rings is 1. The standard InChI is InChI=1S/C15H14F3N3O2/c1-21(14-19-7-6-13(20-14)15(16,17)18)8-10-9-22-11-4-2-3-5-12(11)23-10/h2-7,10H,8-9H2,1H3/t10-/m0/s1. The summed E-state index contributed by atoms with van der Waals surface area (Å²) in [5, 5.41) is 0. The van der Waals surface area contributed by atoms with Gasteiger partial charge in [-0.2, -0.15) is 13.2 Å². The van der Waals surface area contributed by atoms with Crippen LogP contribution in [0.5, 0.6) is 11.5 Å². The van der Waals surface area contributed by atoms with Crippen LogP contribution in [0.3, 0.4) is 0 Å². The number of ether oxygens (including phenoxy) is 2. The molecule has 0 amide bonds. The Morgan fingerprint density at radius 1 is 1.22 bits per heavy atom. The molecule has 0 fully saturated rings. The molecule has 1 aliphatic rings. The average molecular weight is 325 g/mol. The van der Waals surface area contributed by atoms with Crippen molar-refractivity contribution in [3.05, 3.63) is 42.2 Å². The highest BCUT2D eigenvalue weighted by Gasteiger charge is 2.33. The second kappa shape index (κ2) is 5.94. The van der Waals surface area contributed by atoms with Crippen LogP contribution in [-0.4, -0.2) is 36.3 Å². The number of fused-ring (bicyclic) bond motifs is 1. The minimum atomic E-state index is -4.50. The van der Waals surface area contributed by atoms with E-state index < -0.39 is 11.9 Å². The van der Waals surface area contributed by atoms with Crippen LogP contribution in [-0.2, 0) is 6.18 Å². The Bertz CT molecular complexity index is 694. The van der Waals surface area contributed by atoms with Gasteiger partial charge in [-0.25, -0.2) is 9.97 Å². The van der Waals surface area contributed by atoms with E-state index in [0.717, 1.165) is 12.3 Å². The maximum absolute atomic E-state index is 12.7. The van der Waals surface area contributed by atoms with Gasteiger partial charge in [0.25, 0.3) is 0 Å². The van der Waals surface area contributed by atoms with Crippen molar-refractivity contribution in [2.24, 2.45) is 0 Å². The largest absolute Gasteiger partial charge is 0.486 e. The predicted octanol–water partition coefficient (Wildman–Crippen LogP) is 2.77. The molecule has 8 heteroatoms. The molecule has 1 aliphatic heterocycles. The number of alkyl halides is 3. The third-order valence-corrected chi connectivity index (χ3v) is 3.32. The Kier molecular flexibility index (Phi) is 3.97. The van der Waals surface area contributed by atoms with E-state index in [9.17, 15) is 13.2 Å². The fourth-order valence-corrected chi connectivity index (χ4v) is 2.23. The molecule has 23 heavy (non-hydrogen) atoms. The third-order valence-electron chi connectivity index (χ3n) is 3.32. The van der Waals surface area contributed by atoms with Crippen molar-refractivity contribution < 1.29 is 22.6 Å². The molecule has 2 aromatic rings. The van der Waals surface area contributed by atoms with Gasteiger partial charge < -0.3 is 14.4 Å². The third kappa shape index (κ3) is 3.46. The van der Waals surface area contributed by atoms with Crippen LogP contribution >= 0.6 is 0 Å². The second-order valence-electron chi connectivity index (χ2n) is 5.12. The number of halogens is 3. The van der Waals surface area contributed by atoms with Gasteiger partial charge in [-0.3, -0.25) is 0 Å². The molecule has 5 nitrogen and oxygen atoms in total. The molecule has 0 N–H and O–H groups in total. The van der Waals surface area contributed by atoms with Gasteiger partial charge in [0.15, 0.2) is 17.6 Å². The van der Waals surface area contributed by atoms with Crippen LogP contribution in [0, 0.1) is 0 Å². The van der Waals surface area contributed by atoms with Gasteiger partial charge in [0.1, 0.15) is 12.3 Å². The smallest absolute Gasteiger partial charge is 0.433 e. The monoisotopic (exact) mass is 325 g/mol. The summed E-state index contributed by atoms with van der Waals surface area (Å²) in [6.07, 6.45) is -3.73. The molecular formula is C15H14F3N3O2. The first-order valence-corrected chi connectivity index (χ1v) is 6.93. The topological polar surface area (TPSA) is 47.5 Å². The van der Waals surface area contributed by atoms with E-state index in [1.807, 2.05) is 12.1 Å². The van der Waals surface area contributed by atoms with Crippen LogP contribution in [0.15, 0.2) is 36.5 Å². The van der Waals surface area contributed by atoms with Crippen molar-refractivity contribution in [2.45, 2.75) is 12.3 Å². The molecule has 3 rings (SSSR count). The normalized spacial score (nSPS) is 17.0. The molecule has 0 unspecified atom stereocenters. The van der Waals surface area contributed by atoms with Crippen molar-refractivity contribution in [1.82, 2.24) is 9.97 Å². The number of hydrogen-bond donors (Lipinski definition) is 0. The molecular weight excluding hydrogens is 311 g/mol. The summed E-state index contributed by atoms with van der Waals surface area (Å²) in [5.41, 5.74) is -0.972. The summed E-state index contributed by atoms with van der Waals surface area (Å²) in [6, 6.07) is 8.08. The fraction of sp³-hybridized carbons (Fsp3) is 0.333. The molecule has 2 heterocycles. The van der Waals surface area contributed by atoms with Crippen LogP contribution in [0.1, 0.15) is 5.69 Å². The van der Waals surface area contributed by atoms with Crippen molar-refractivity contribution in [3.8, 4) is 11.5 Å². The number of nitrogens with zero attached hydrogens (tertiary/aromatic N) is 3. The number of hydrogen-bond acceptors (Lipinski definition) is 5. The number of para-hydroxylation sites is 2. The van der Waals surface area contributed by atoms with Crippen molar-refractivity contribution in [3.63, 3.8) is 0 Å². The summed E-state index contributed by atoms with van der Waals surface area (Å²) in [4.78, 5) is 8.94. The Morgan fingerprint density at radius 2 is 1.96 bits per heavy atom. The van der Waals surface area contributed by atoms with E-state index in [2.05, 4.69) is 9.97 Å². The molecule has 0 radical (unpaired) electrons. The SMILES string of the molecule is CN(C[C@H]1COc2ccccc2O1)c1nccc(C(F)(F)F)n1. The summed E-state index contributed by atoms with van der Waals surface area (Å²) in [7, 11) is 1.61. The first-order chi connectivity index (χ1) is 10.9. The molecule has 1 atom stereocenters. The Labute approximate surface area is 130 Å². The van der Waals surface area contributed by atoms with E-state index >= 15 is 0 Å². The van der Waals surface area contributed by atoms with Crippen molar-refractivity contribution in [1.29, 1.82) is 0 Å². The van der Waals surface area contributed by atoms with Crippen LogP contribution in [0.4, 0.5) is 19.1 Å². The average Bonchev–Trinajstić information content (AvgIpc) is 2.54. The number of anilines is 1. The lowest BCUT2D eigenvalue weighted by atomic mass is 10.2. The lowest BCUT2D eigenvalue weighted by molar-refractivity contribution is -0.141. The highest BCUT2D eigenvalue weighted by molar-refractivity contribution is 5.41. The van der Waals surface area contributed by atoms with E-state index in [0.29, 0.717) is 24.7 Å². The van der Waals surface area contributed by atoms with Gasteiger partial charge in [0.05, 0.1) is 6.54 Å². The van der Waals surface area contributed by atoms with Gasteiger partial charge in [-0.05, 0) is 18.2 Å². The highest BCUT2D eigenvalue weighted by atomic mass is 19.4. The van der Waals surface area contributed by atoms with Gasteiger partial charge in [0.2, 0.25) is 5.95 Å². The zero-order chi connectivity index (χ0) is 16.4. The Morgan fingerprint density at radius 3 is 2.70 bits per heavy atom. The lowest BCUT2D eigenvalue weighted by Gasteiger charge is -2.29. The number of likely N-dealkylation sites (N-methyl/N-ethyl adjacent to an activating group) is 1. The van der Waals surface area contributed by atoms with Gasteiger partial charge >= 0.3 is 6.18 Å². The molecule has 0 spiro atoms. The van der Waals surface area contributed by atoms with Crippen molar-refractivity contribution >= 4 is 5.95 Å². The molecule has 1 aromatic carbocycles. The highest BCUT2D eigenvalue weighted by Crippen LogP contribution is 2.31. The Balaban J connectivity index is 1.70.